The van der Waals surface area contributed by atoms with Crippen molar-refractivity contribution in [3.8, 4) is 5.75 Å². The second-order valence-electron chi connectivity index (χ2n) is 4.06. The van der Waals surface area contributed by atoms with Crippen LogP contribution in [0.3, 0.4) is 0 Å². The number of nitrogens with zero attached hydrogens (tertiary/aromatic N) is 1. The van der Waals surface area contributed by atoms with Gasteiger partial charge in [0.25, 0.3) is 5.91 Å². The van der Waals surface area contributed by atoms with E-state index >= 15 is 0 Å². The van der Waals surface area contributed by atoms with Crippen LogP contribution in [0.4, 0.5) is 0 Å². The molecule has 20 heavy (non-hydrogen) atoms. The Morgan fingerprint density at radius 3 is 2.95 bits per heavy atom. The van der Waals surface area contributed by atoms with Crippen LogP contribution in [0.5, 0.6) is 5.75 Å². The van der Waals surface area contributed by atoms with E-state index in [-0.39, 0.29) is 12.5 Å². The molecular weight excluding hydrogens is 256 g/mol. The molecule has 1 amide bonds. The van der Waals surface area contributed by atoms with Crippen LogP contribution in [-0.2, 0) is 11.2 Å². The molecule has 0 aliphatic heterocycles. The number of furan rings is 1. The largest absolute Gasteiger partial charge is 0.483 e. The third kappa shape index (κ3) is 3.98. The number of hydrogen-bond donors (Lipinski definition) is 1. The Morgan fingerprint density at radius 2 is 2.20 bits per heavy atom. The van der Waals surface area contributed by atoms with Gasteiger partial charge in [-0.25, -0.2) is 5.43 Å². The molecule has 0 aliphatic rings. The van der Waals surface area contributed by atoms with E-state index in [4.69, 9.17) is 9.15 Å². The molecule has 0 fully saturated rings. The standard InChI is InChI=1S/C15H16N2O3/c1-2-12-6-3-4-8-14(12)20-11-15(18)17-16-10-13-7-5-9-19-13/h3-10H,2,11H2,1H3,(H,17,18)/b16-10-. The number of hydrazone groups is 1. The second kappa shape index (κ2) is 7.13. The van der Waals surface area contributed by atoms with Crippen molar-refractivity contribution >= 4 is 12.1 Å². The van der Waals surface area contributed by atoms with Crippen molar-refractivity contribution in [1.82, 2.24) is 5.43 Å². The van der Waals surface area contributed by atoms with Gasteiger partial charge >= 0.3 is 0 Å². The van der Waals surface area contributed by atoms with Crippen LogP contribution in [0.1, 0.15) is 18.2 Å². The second-order valence-corrected chi connectivity index (χ2v) is 4.06. The quantitative estimate of drug-likeness (QED) is 0.648. The minimum absolute atomic E-state index is 0.0769. The van der Waals surface area contributed by atoms with E-state index in [1.54, 1.807) is 12.1 Å². The van der Waals surface area contributed by atoms with Crippen LogP contribution in [0.2, 0.25) is 0 Å². The molecule has 2 rings (SSSR count). The predicted octanol–water partition coefficient (Wildman–Crippen LogP) is 2.37. The van der Waals surface area contributed by atoms with E-state index in [0.717, 1.165) is 17.7 Å². The number of carbonyl (C=O) groups excluding carboxylic acids is 1. The molecule has 1 N–H and O–H groups in total. The van der Waals surface area contributed by atoms with Crippen LogP contribution >= 0.6 is 0 Å². The van der Waals surface area contributed by atoms with Crippen molar-refractivity contribution in [1.29, 1.82) is 0 Å². The normalized spacial score (nSPS) is 10.7. The van der Waals surface area contributed by atoms with Gasteiger partial charge < -0.3 is 9.15 Å². The van der Waals surface area contributed by atoms with Gasteiger partial charge in [0.15, 0.2) is 6.61 Å². The predicted molar refractivity (Wildman–Crippen MR) is 75.8 cm³/mol. The highest BCUT2D eigenvalue weighted by molar-refractivity contribution is 5.81. The summed E-state index contributed by atoms with van der Waals surface area (Å²) in [7, 11) is 0. The van der Waals surface area contributed by atoms with Crippen LogP contribution in [0.25, 0.3) is 0 Å². The molecule has 0 saturated heterocycles. The Bertz CT molecular complexity index is 577. The first-order chi connectivity index (χ1) is 9.79. The van der Waals surface area contributed by atoms with Crippen molar-refractivity contribution in [2.75, 3.05) is 6.61 Å². The lowest BCUT2D eigenvalue weighted by Crippen LogP contribution is -2.24. The average Bonchev–Trinajstić information content (AvgIpc) is 2.98. The first kappa shape index (κ1) is 13.9. The molecule has 0 saturated carbocycles. The summed E-state index contributed by atoms with van der Waals surface area (Å²) >= 11 is 0. The monoisotopic (exact) mass is 272 g/mol. The highest BCUT2D eigenvalue weighted by Gasteiger charge is 2.04. The zero-order chi connectivity index (χ0) is 14.2. The van der Waals surface area contributed by atoms with E-state index in [0.29, 0.717) is 5.76 Å². The van der Waals surface area contributed by atoms with Crippen molar-refractivity contribution in [2.45, 2.75) is 13.3 Å². The van der Waals surface area contributed by atoms with Gasteiger partial charge in [-0.3, -0.25) is 4.79 Å². The summed E-state index contributed by atoms with van der Waals surface area (Å²) in [5, 5.41) is 3.77. The summed E-state index contributed by atoms with van der Waals surface area (Å²) < 4.78 is 10.5. The summed E-state index contributed by atoms with van der Waals surface area (Å²) in [5.74, 6) is 0.974. The third-order valence-corrected chi connectivity index (χ3v) is 2.64. The van der Waals surface area contributed by atoms with E-state index in [2.05, 4.69) is 10.5 Å². The minimum Gasteiger partial charge on any atom is -0.483 e. The molecule has 0 spiro atoms. The van der Waals surface area contributed by atoms with Crippen LogP contribution in [-0.4, -0.2) is 18.7 Å². The van der Waals surface area contributed by atoms with E-state index in [1.165, 1.54) is 12.5 Å². The molecule has 0 radical (unpaired) electrons. The van der Waals surface area contributed by atoms with Gasteiger partial charge in [-0.2, -0.15) is 5.10 Å². The van der Waals surface area contributed by atoms with Gasteiger partial charge in [0.2, 0.25) is 0 Å². The Hall–Kier alpha value is -2.56. The molecule has 0 aliphatic carbocycles. The summed E-state index contributed by atoms with van der Waals surface area (Å²) in [5.41, 5.74) is 3.44. The summed E-state index contributed by atoms with van der Waals surface area (Å²) in [6.07, 6.45) is 3.82. The van der Waals surface area contributed by atoms with Crippen LogP contribution in [0.15, 0.2) is 52.2 Å². The zero-order valence-corrected chi connectivity index (χ0v) is 11.2. The van der Waals surface area contributed by atoms with Gasteiger partial charge in [-0.05, 0) is 30.2 Å². The smallest absolute Gasteiger partial charge is 0.277 e. The Labute approximate surface area is 117 Å². The number of aryl methyl sites for hydroxylation is 1. The number of nitrogens with one attached hydrogen (secondary N) is 1. The molecule has 5 heteroatoms. The first-order valence-corrected chi connectivity index (χ1v) is 6.35. The number of rotatable bonds is 6. The fourth-order valence-corrected chi connectivity index (χ4v) is 1.64. The highest BCUT2D eigenvalue weighted by Crippen LogP contribution is 2.17. The number of amides is 1. The maximum Gasteiger partial charge on any atom is 0.277 e. The summed E-state index contributed by atoms with van der Waals surface area (Å²) in [4.78, 5) is 11.6. The van der Waals surface area contributed by atoms with E-state index < -0.39 is 0 Å². The molecular formula is C15H16N2O3. The number of carbonyl (C=O) groups is 1. The maximum atomic E-state index is 11.6. The summed E-state index contributed by atoms with van der Waals surface area (Å²) in [6.45, 7) is 1.96. The fourth-order valence-electron chi connectivity index (χ4n) is 1.64. The van der Waals surface area contributed by atoms with E-state index in [1.807, 2.05) is 31.2 Å². The van der Waals surface area contributed by atoms with Gasteiger partial charge in [0.1, 0.15) is 11.5 Å². The van der Waals surface area contributed by atoms with Crippen molar-refractivity contribution in [2.24, 2.45) is 5.10 Å². The molecule has 0 bridgehead atoms. The van der Waals surface area contributed by atoms with Crippen LogP contribution < -0.4 is 10.2 Å². The third-order valence-electron chi connectivity index (χ3n) is 2.64. The summed E-state index contributed by atoms with van der Waals surface area (Å²) in [6, 6.07) is 11.1. The minimum atomic E-state index is -0.321. The highest BCUT2D eigenvalue weighted by atomic mass is 16.5. The molecule has 0 unspecified atom stereocenters. The molecule has 0 atom stereocenters. The van der Waals surface area contributed by atoms with Crippen molar-refractivity contribution in [3.05, 3.63) is 54.0 Å². The SMILES string of the molecule is CCc1ccccc1OCC(=O)N/N=C\c1ccco1. The van der Waals surface area contributed by atoms with Crippen LogP contribution in [0, 0.1) is 0 Å². The Kier molecular flexibility index (Phi) is 4.94. The lowest BCUT2D eigenvalue weighted by molar-refractivity contribution is -0.123. The Morgan fingerprint density at radius 1 is 1.35 bits per heavy atom. The van der Waals surface area contributed by atoms with Gasteiger partial charge in [-0.15, -0.1) is 0 Å². The van der Waals surface area contributed by atoms with Gasteiger partial charge in [0.05, 0.1) is 12.5 Å². The number of para-hydroxylation sites is 1. The molecule has 2 aromatic rings. The van der Waals surface area contributed by atoms with Crippen molar-refractivity contribution < 1.29 is 13.9 Å². The molecule has 104 valence electrons. The number of benzene rings is 1. The molecule has 1 aromatic carbocycles. The topological polar surface area (TPSA) is 63.8 Å². The lowest BCUT2D eigenvalue weighted by Gasteiger charge is -2.08. The number of hydrogen-bond acceptors (Lipinski definition) is 4. The molecule has 1 aromatic heterocycles. The fraction of sp³-hybridized carbons (Fsp3) is 0.200. The lowest BCUT2D eigenvalue weighted by atomic mass is 10.1. The van der Waals surface area contributed by atoms with E-state index in [9.17, 15) is 4.79 Å². The van der Waals surface area contributed by atoms with Gasteiger partial charge in [-0.1, -0.05) is 25.1 Å². The van der Waals surface area contributed by atoms with Gasteiger partial charge in [0, 0.05) is 0 Å². The molecule has 1 heterocycles. The average molecular weight is 272 g/mol. The molecule has 5 nitrogen and oxygen atoms in total. The van der Waals surface area contributed by atoms with Crippen molar-refractivity contribution in [3.63, 3.8) is 0 Å². The maximum absolute atomic E-state index is 11.6. The zero-order valence-electron chi connectivity index (χ0n) is 11.2. The Balaban J connectivity index is 1.80. The first-order valence-electron chi connectivity index (χ1n) is 6.35. The number of ether oxygens (including phenoxy) is 1.